The molecule has 1 rings (SSSR count). The molecule has 2 heteroatoms. The van der Waals surface area contributed by atoms with Gasteiger partial charge >= 0.3 is 5.97 Å². The van der Waals surface area contributed by atoms with E-state index in [1.165, 1.54) is 11.1 Å². The van der Waals surface area contributed by atoms with Crippen molar-refractivity contribution in [3.63, 3.8) is 0 Å². The second-order valence-electron chi connectivity index (χ2n) is 4.67. The van der Waals surface area contributed by atoms with E-state index in [1.807, 2.05) is 6.92 Å². The van der Waals surface area contributed by atoms with Crippen LogP contribution in [0.15, 0.2) is 23.8 Å². The third-order valence-electron chi connectivity index (χ3n) is 3.35. The van der Waals surface area contributed by atoms with Gasteiger partial charge in [0.15, 0.2) is 0 Å². The van der Waals surface area contributed by atoms with Gasteiger partial charge in [0.1, 0.15) is 0 Å². The van der Waals surface area contributed by atoms with E-state index in [4.69, 9.17) is 4.74 Å². The number of carbonyl (C=O) groups excluding carboxylic acids is 1. The van der Waals surface area contributed by atoms with Gasteiger partial charge in [-0.05, 0) is 45.4 Å². The molecule has 0 amide bonds. The monoisotopic (exact) mass is 222 g/mol. The quantitative estimate of drug-likeness (QED) is 0.537. The second kappa shape index (κ2) is 5.88. The highest BCUT2D eigenvalue weighted by Crippen LogP contribution is 2.34. The zero-order valence-corrected chi connectivity index (χ0v) is 10.6. The van der Waals surface area contributed by atoms with Gasteiger partial charge in [-0.1, -0.05) is 23.8 Å². The molecule has 0 fully saturated rings. The lowest BCUT2D eigenvalue weighted by Crippen LogP contribution is -2.19. The minimum absolute atomic E-state index is 0.0809. The molecule has 16 heavy (non-hydrogen) atoms. The average molecular weight is 222 g/mol. The third-order valence-corrected chi connectivity index (χ3v) is 3.35. The van der Waals surface area contributed by atoms with Gasteiger partial charge in [-0.15, -0.1) is 0 Å². The average Bonchev–Trinajstić information content (AvgIpc) is 2.21. The lowest BCUT2D eigenvalue weighted by Gasteiger charge is -2.28. The highest BCUT2D eigenvalue weighted by molar-refractivity contribution is 5.70. The first-order valence-electron chi connectivity index (χ1n) is 6.02. The molecule has 0 heterocycles. The van der Waals surface area contributed by atoms with Crippen LogP contribution < -0.4 is 0 Å². The molecule has 0 aliphatic heterocycles. The largest absolute Gasteiger partial charge is 0.466 e. The van der Waals surface area contributed by atoms with E-state index in [2.05, 4.69) is 26.5 Å². The number of carbonyl (C=O) groups is 1. The first-order chi connectivity index (χ1) is 7.54. The molecule has 0 bridgehead atoms. The standard InChI is InChI=1S/C14H22O2/c1-5-16-14(15)9-13-8-12(10(2)3)7-6-11(13)4/h6,12-13H,2,5,7-9H2,1,3-4H3/t12-,13?/m0/s1. The highest BCUT2D eigenvalue weighted by Gasteiger charge is 2.24. The van der Waals surface area contributed by atoms with E-state index in [-0.39, 0.29) is 5.97 Å². The van der Waals surface area contributed by atoms with E-state index in [1.54, 1.807) is 0 Å². The van der Waals surface area contributed by atoms with Gasteiger partial charge in [0.25, 0.3) is 0 Å². The van der Waals surface area contributed by atoms with Crippen LogP contribution in [-0.4, -0.2) is 12.6 Å². The Morgan fingerprint density at radius 1 is 1.62 bits per heavy atom. The molecule has 0 spiro atoms. The lowest BCUT2D eigenvalue weighted by atomic mass is 9.77. The van der Waals surface area contributed by atoms with Crippen molar-refractivity contribution in [1.82, 2.24) is 0 Å². The van der Waals surface area contributed by atoms with Gasteiger partial charge in [0, 0.05) is 0 Å². The van der Waals surface area contributed by atoms with Gasteiger partial charge in [-0.2, -0.15) is 0 Å². The molecule has 0 aromatic carbocycles. The summed E-state index contributed by atoms with van der Waals surface area (Å²) >= 11 is 0. The molecule has 0 aromatic rings. The summed E-state index contributed by atoms with van der Waals surface area (Å²) in [4.78, 5) is 11.5. The maximum absolute atomic E-state index is 11.5. The SMILES string of the molecule is C=C(C)[C@H]1CC=C(C)C(CC(=O)OCC)C1. The van der Waals surface area contributed by atoms with Crippen molar-refractivity contribution < 1.29 is 9.53 Å². The Kier molecular flexibility index (Phi) is 4.78. The van der Waals surface area contributed by atoms with Gasteiger partial charge in [0.05, 0.1) is 13.0 Å². The lowest BCUT2D eigenvalue weighted by molar-refractivity contribution is -0.144. The number of rotatable bonds is 4. The van der Waals surface area contributed by atoms with Crippen LogP contribution in [0.4, 0.5) is 0 Å². The molecule has 2 atom stereocenters. The number of hydrogen-bond donors (Lipinski definition) is 0. The Morgan fingerprint density at radius 3 is 2.88 bits per heavy atom. The smallest absolute Gasteiger partial charge is 0.306 e. The fraction of sp³-hybridized carbons (Fsp3) is 0.643. The molecule has 1 unspecified atom stereocenters. The molecule has 90 valence electrons. The highest BCUT2D eigenvalue weighted by atomic mass is 16.5. The molecular weight excluding hydrogens is 200 g/mol. The van der Waals surface area contributed by atoms with Crippen LogP contribution in [0.3, 0.4) is 0 Å². The predicted octanol–water partition coefficient (Wildman–Crippen LogP) is 3.49. The Hall–Kier alpha value is -1.05. The topological polar surface area (TPSA) is 26.3 Å². The number of allylic oxidation sites excluding steroid dienone is 3. The summed E-state index contributed by atoms with van der Waals surface area (Å²) in [5, 5.41) is 0. The van der Waals surface area contributed by atoms with Crippen molar-refractivity contribution in [3.05, 3.63) is 23.8 Å². The minimum Gasteiger partial charge on any atom is -0.466 e. The van der Waals surface area contributed by atoms with E-state index >= 15 is 0 Å². The molecule has 2 nitrogen and oxygen atoms in total. The van der Waals surface area contributed by atoms with Gasteiger partial charge < -0.3 is 4.74 Å². The van der Waals surface area contributed by atoms with Gasteiger partial charge in [-0.25, -0.2) is 0 Å². The summed E-state index contributed by atoms with van der Waals surface area (Å²) < 4.78 is 5.00. The van der Waals surface area contributed by atoms with Crippen molar-refractivity contribution in [2.75, 3.05) is 6.61 Å². The zero-order valence-electron chi connectivity index (χ0n) is 10.6. The maximum Gasteiger partial charge on any atom is 0.306 e. The summed E-state index contributed by atoms with van der Waals surface area (Å²) in [6.07, 6.45) is 4.86. The summed E-state index contributed by atoms with van der Waals surface area (Å²) in [6, 6.07) is 0. The Morgan fingerprint density at radius 2 is 2.31 bits per heavy atom. The van der Waals surface area contributed by atoms with Crippen LogP contribution in [-0.2, 0) is 9.53 Å². The van der Waals surface area contributed by atoms with Gasteiger partial charge in [0.2, 0.25) is 0 Å². The summed E-state index contributed by atoms with van der Waals surface area (Å²) in [6.45, 7) is 10.5. The number of ether oxygens (including phenoxy) is 1. The molecule has 0 saturated heterocycles. The molecular formula is C14H22O2. The fourth-order valence-corrected chi connectivity index (χ4v) is 2.19. The number of hydrogen-bond acceptors (Lipinski definition) is 2. The van der Waals surface area contributed by atoms with Crippen LogP contribution in [0.5, 0.6) is 0 Å². The van der Waals surface area contributed by atoms with Crippen molar-refractivity contribution in [3.8, 4) is 0 Å². The summed E-state index contributed by atoms with van der Waals surface area (Å²) in [7, 11) is 0. The molecule has 1 aliphatic rings. The first kappa shape index (κ1) is 13.0. The van der Waals surface area contributed by atoms with E-state index in [0.29, 0.717) is 24.9 Å². The van der Waals surface area contributed by atoms with Crippen LogP contribution >= 0.6 is 0 Å². The molecule has 0 radical (unpaired) electrons. The Bertz CT molecular complexity index is 302. The van der Waals surface area contributed by atoms with E-state index < -0.39 is 0 Å². The van der Waals surface area contributed by atoms with Crippen LogP contribution in [0.2, 0.25) is 0 Å². The predicted molar refractivity (Wildman–Crippen MR) is 66.0 cm³/mol. The fourth-order valence-electron chi connectivity index (χ4n) is 2.19. The van der Waals surface area contributed by atoms with E-state index in [0.717, 1.165) is 12.8 Å². The van der Waals surface area contributed by atoms with Crippen molar-refractivity contribution in [2.45, 2.75) is 40.0 Å². The minimum atomic E-state index is -0.0809. The molecule has 0 saturated carbocycles. The number of esters is 1. The second-order valence-corrected chi connectivity index (χ2v) is 4.67. The van der Waals surface area contributed by atoms with Crippen molar-refractivity contribution >= 4 is 5.97 Å². The Balaban J connectivity index is 2.58. The first-order valence-corrected chi connectivity index (χ1v) is 6.02. The molecule has 0 N–H and O–H groups in total. The van der Waals surface area contributed by atoms with Crippen LogP contribution in [0.25, 0.3) is 0 Å². The van der Waals surface area contributed by atoms with E-state index in [9.17, 15) is 4.79 Å². The van der Waals surface area contributed by atoms with Crippen molar-refractivity contribution in [1.29, 1.82) is 0 Å². The summed E-state index contributed by atoms with van der Waals surface area (Å²) in [5.41, 5.74) is 2.54. The normalized spacial score (nSPS) is 24.8. The summed E-state index contributed by atoms with van der Waals surface area (Å²) in [5.74, 6) is 0.792. The van der Waals surface area contributed by atoms with Crippen molar-refractivity contribution in [2.24, 2.45) is 11.8 Å². The van der Waals surface area contributed by atoms with Crippen LogP contribution in [0.1, 0.15) is 40.0 Å². The Labute approximate surface area is 98.4 Å². The maximum atomic E-state index is 11.5. The van der Waals surface area contributed by atoms with Crippen LogP contribution in [0, 0.1) is 11.8 Å². The third kappa shape index (κ3) is 3.51. The molecule has 1 aliphatic carbocycles. The van der Waals surface area contributed by atoms with Gasteiger partial charge in [-0.3, -0.25) is 4.79 Å². The molecule has 0 aromatic heterocycles. The zero-order chi connectivity index (χ0) is 12.1.